The van der Waals surface area contributed by atoms with Crippen molar-refractivity contribution in [2.24, 2.45) is 25.0 Å². The molecule has 7 aromatic carbocycles. The van der Waals surface area contributed by atoms with Crippen molar-refractivity contribution >= 4 is 96.7 Å². The fourth-order valence-corrected chi connectivity index (χ4v) is 24.2. The standard InChI is InChI=1S/C31H42N2O2S2.C24H36N2O2S2.C23H30N2O.2C16H24N2O.ClH/c1-22-19-27(31(3,4)5)30(35-29(34)14-10-9-13-25-15-18-36-37-25)23(2)26(22)20-28-32-16-17-33(28)21-24-11-7-6-8-12-24;1-16-14-20(24(3,4)5)23(17(2)19(16)15-21-25-11-12-26-21)28-22(27)9-7-6-8-18-10-13-29-30-18;1-16-13-20(23(3,4)5)22(26)17(2)19(16)14-21-24-11-12-25(21)15-18-9-7-6-8-10-18;2*1-10-8-13(16(3,4)5)15(19)11(2)12(10)9-14-17-6-7-18-14;/h6-8,11-12,19,25H,9-10,13-18,20-21H2,1-5H3;14,18H,6-13,15H2,1-5H3,(H,25,26);6-10,13,26H,11-12,14-15H2,1-5H3;2*8,19H,6-7,9H2,1-5H3,(H,17,18);1H/t25-;18-;;;;/m11..../s1. The maximum atomic E-state index is 13.0. The molecular formula is C110H157ClN10O7S4. The van der Waals surface area contributed by atoms with Crippen molar-refractivity contribution in [3.63, 3.8) is 0 Å². The number of ether oxygens (including phenoxy) is 2. The summed E-state index contributed by atoms with van der Waals surface area (Å²) in [5.41, 5.74) is 24.8. The molecule has 2 saturated heterocycles. The van der Waals surface area contributed by atoms with Crippen molar-refractivity contribution in [1.82, 2.24) is 25.8 Å². The predicted octanol–water partition coefficient (Wildman–Crippen LogP) is 24.3. The number of esters is 2. The van der Waals surface area contributed by atoms with E-state index in [-0.39, 0.29) is 51.4 Å². The van der Waals surface area contributed by atoms with Gasteiger partial charge in [-0.1, -0.05) is 251 Å². The van der Waals surface area contributed by atoms with Crippen LogP contribution in [0.4, 0.5) is 0 Å². The van der Waals surface area contributed by atoms with Crippen LogP contribution in [0.15, 0.2) is 116 Å². The van der Waals surface area contributed by atoms with Crippen LogP contribution in [0.5, 0.6) is 28.7 Å². The molecule has 0 unspecified atom stereocenters. The molecule has 0 radical (unpaired) electrons. The second-order valence-electron chi connectivity index (χ2n) is 41.8. The molecule has 720 valence electrons. The monoisotopic (exact) mass is 1890 g/mol. The van der Waals surface area contributed by atoms with E-state index in [0.29, 0.717) is 30.1 Å². The molecule has 7 heterocycles. The number of halogens is 1. The minimum atomic E-state index is -0.120. The smallest absolute Gasteiger partial charge is 0.311 e. The van der Waals surface area contributed by atoms with Gasteiger partial charge in [0.05, 0.1) is 32.7 Å². The van der Waals surface area contributed by atoms with Crippen molar-refractivity contribution < 1.29 is 34.4 Å². The summed E-state index contributed by atoms with van der Waals surface area (Å²) in [6.07, 6.45) is 13.9. The van der Waals surface area contributed by atoms with Crippen molar-refractivity contribution in [1.29, 1.82) is 0 Å². The highest BCUT2D eigenvalue weighted by Gasteiger charge is 2.33. The van der Waals surface area contributed by atoms with Gasteiger partial charge in [0.1, 0.15) is 57.9 Å². The Morgan fingerprint density at radius 3 is 0.955 bits per heavy atom. The number of aryl methyl sites for hydroxylation is 5. The van der Waals surface area contributed by atoms with Crippen LogP contribution < -0.4 is 25.4 Å². The zero-order valence-electron chi connectivity index (χ0n) is 84.5. The summed E-state index contributed by atoms with van der Waals surface area (Å²) in [6, 6.07) is 32.0. The van der Waals surface area contributed by atoms with Crippen molar-refractivity contribution in [3.8, 4) is 28.7 Å². The van der Waals surface area contributed by atoms with Crippen LogP contribution >= 0.6 is 55.6 Å². The highest BCUT2D eigenvalue weighted by atomic mass is 35.5. The van der Waals surface area contributed by atoms with Crippen LogP contribution in [0.25, 0.3) is 0 Å². The van der Waals surface area contributed by atoms with Gasteiger partial charge in [-0.15, -0.1) is 12.4 Å². The number of phenols is 3. The van der Waals surface area contributed by atoms with Gasteiger partial charge in [-0.25, -0.2) is 0 Å². The number of nitrogens with one attached hydrogen (secondary N) is 3. The van der Waals surface area contributed by atoms with Gasteiger partial charge in [0.2, 0.25) is 0 Å². The van der Waals surface area contributed by atoms with E-state index >= 15 is 0 Å². The first-order valence-electron chi connectivity index (χ1n) is 48.0. The minimum absolute atomic E-state index is 0. The van der Waals surface area contributed by atoms with Gasteiger partial charge in [0.25, 0.3) is 0 Å². The van der Waals surface area contributed by atoms with Crippen LogP contribution in [0, 0.1) is 69.2 Å². The number of aliphatic imine (C=N–C) groups is 5. The van der Waals surface area contributed by atoms with E-state index in [2.05, 4.69) is 284 Å². The Hall–Kier alpha value is -8.08. The number of hydrogen-bond acceptors (Lipinski definition) is 21. The van der Waals surface area contributed by atoms with Gasteiger partial charge in [-0.3, -0.25) is 34.6 Å². The summed E-state index contributed by atoms with van der Waals surface area (Å²) in [4.78, 5) is 53.5. The number of phenolic OH excluding ortho intramolecular Hbond substituents is 3. The molecule has 7 aliphatic heterocycles. The lowest BCUT2D eigenvalue weighted by atomic mass is 9.82. The van der Waals surface area contributed by atoms with Crippen LogP contribution in [0.2, 0.25) is 0 Å². The topological polar surface area (TPSA) is 218 Å². The number of benzene rings is 7. The number of hydrogen-bond donors (Lipinski definition) is 6. The Balaban J connectivity index is 0.000000189. The Bertz CT molecular complexity index is 5150. The molecule has 0 amide bonds. The Morgan fingerprint density at radius 2 is 0.674 bits per heavy atom. The molecule has 0 aromatic heterocycles. The second-order valence-corrected chi connectivity index (χ2v) is 47.4. The molecule has 14 rings (SSSR count). The first-order valence-corrected chi connectivity index (χ1v) is 52.8. The Labute approximate surface area is 815 Å². The first kappa shape index (κ1) is 108. The first-order chi connectivity index (χ1) is 61.8. The molecule has 7 aliphatic rings. The van der Waals surface area contributed by atoms with E-state index in [1.807, 2.05) is 63.9 Å². The van der Waals surface area contributed by atoms with Gasteiger partial charge in [-0.2, -0.15) is 0 Å². The molecule has 132 heavy (non-hydrogen) atoms. The quantitative estimate of drug-likeness (QED) is 0.0129. The lowest BCUT2D eigenvalue weighted by Gasteiger charge is -2.27. The third kappa shape index (κ3) is 30.2. The van der Waals surface area contributed by atoms with Crippen molar-refractivity contribution in [2.45, 2.75) is 320 Å². The second kappa shape index (κ2) is 48.6. The number of unbranched alkanes of at least 4 members (excludes halogenated alkanes) is 2. The fourth-order valence-electron chi connectivity index (χ4n) is 18.1. The molecular weight excluding hydrogens is 1740 g/mol. The lowest BCUT2D eigenvalue weighted by molar-refractivity contribution is -0.135. The third-order valence-corrected chi connectivity index (χ3v) is 32.1. The average Bonchev–Trinajstić information content (AvgIpc) is 1.05. The molecule has 0 aliphatic carbocycles. The van der Waals surface area contributed by atoms with Crippen LogP contribution in [0.3, 0.4) is 0 Å². The van der Waals surface area contributed by atoms with Crippen LogP contribution in [-0.4, -0.2) is 154 Å². The predicted molar refractivity (Wildman–Crippen MR) is 568 cm³/mol. The SMILES string of the molecule is Cc1cc(C(C)(C)C)c(O)c(C)c1CC1=NCCN1.Cc1cc(C(C)(C)C)c(O)c(C)c1CC1=NCCN1.Cc1cc(C(C)(C)C)c(O)c(C)c1CC1=NCCN1Cc1ccccc1.Cc1cc(C(C)(C)C)c(OC(=O)CCCC[C@@H]2CCSS2)c(C)c1CC1=NCCN1.Cc1cc(C(C)(C)C)c(OC(=O)CCCC[C@@H]2CCSS2)c(C)c1CC1=NCCN1Cc1ccccc1.Cl. The van der Waals surface area contributed by atoms with Crippen molar-refractivity contribution in [3.05, 3.63) is 213 Å². The molecule has 7 aromatic rings. The third-order valence-electron chi connectivity index (χ3n) is 26.1. The van der Waals surface area contributed by atoms with Gasteiger partial charge < -0.3 is 50.5 Å². The molecule has 6 N–H and O–H groups in total. The minimum Gasteiger partial charge on any atom is -0.507 e. The van der Waals surface area contributed by atoms with E-state index < -0.39 is 0 Å². The normalized spacial score (nSPS) is 16.6. The van der Waals surface area contributed by atoms with Crippen molar-refractivity contribution in [2.75, 3.05) is 77.0 Å². The maximum Gasteiger partial charge on any atom is 0.311 e. The fraction of sp³-hybridized carbons (Fsp3) is 0.555. The van der Waals surface area contributed by atoms with Gasteiger partial charge in [-0.05, 0) is 246 Å². The zero-order valence-corrected chi connectivity index (χ0v) is 88.5. The van der Waals surface area contributed by atoms with E-state index in [9.17, 15) is 24.9 Å². The average molecular weight is 1900 g/mol. The summed E-state index contributed by atoms with van der Waals surface area (Å²) >= 11 is 0. The molecule has 2 atom stereocenters. The number of carbonyl (C=O) groups excluding carboxylic acids is 2. The Kier molecular flexibility index (Phi) is 39.6. The molecule has 0 bridgehead atoms. The highest BCUT2D eigenvalue weighted by molar-refractivity contribution is 8.77. The number of aromatic hydroxyl groups is 3. The van der Waals surface area contributed by atoms with Crippen LogP contribution in [-0.2, 0) is 81.9 Å². The zero-order chi connectivity index (χ0) is 95.5. The van der Waals surface area contributed by atoms with Gasteiger partial charge in [0, 0.05) is 124 Å². The Morgan fingerprint density at radius 1 is 0.386 bits per heavy atom. The number of rotatable bonds is 26. The summed E-state index contributed by atoms with van der Waals surface area (Å²) in [5.74, 6) is 10.5. The van der Waals surface area contributed by atoms with E-state index in [4.69, 9.17) is 19.5 Å². The molecule has 0 saturated carbocycles. The summed E-state index contributed by atoms with van der Waals surface area (Å²) < 4.78 is 12.2. The maximum absolute atomic E-state index is 13.0. The largest absolute Gasteiger partial charge is 0.507 e. The molecule has 17 nitrogen and oxygen atoms in total. The van der Waals surface area contributed by atoms with Gasteiger partial charge >= 0.3 is 11.9 Å². The molecule has 2 fully saturated rings. The van der Waals surface area contributed by atoms with E-state index in [0.717, 1.165) is 243 Å². The number of amidine groups is 5. The summed E-state index contributed by atoms with van der Waals surface area (Å²) in [5, 5.41) is 43.1. The van der Waals surface area contributed by atoms with E-state index in [1.54, 1.807) is 0 Å². The number of nitrogens with zero attached hydrogens (tertiary/aromatic N) is 7. The van der Waals surface area contributed by atoms with Gasteiger partial charge in [0.15, 0.2) is 0 Å². The molecule has 22 heteroatoms. The molecule has 0 spiro atoms. The number of carbonyl (C=O) groups is 2. The lowest BCUT2D eigenvalue weighted by Crippen LogP contribution is -2.29. The van der Waals surface area contributed by atoms with E-state index in [1.165, 1.54) is 104 Å². The highest BCUT2D eigenvalue weighted by Crippen LogP contribution is 2.46. The summed E-state index contributed by atoms with van der Waals surface area (Å²) in [7, 11) is 7.99. The van der Waals surface area contributed by atoms with Crippen LogP contribution in [0.1, 0.15) is 290 Å². The summed E-state index contributed by atoms with van der Waals surface area (Å²) in [6.45, 7) is 64.0.